The van der Waals surface area contributed by atoms with Crippen LogP contribution in [-0.4, -0.2) is 28.6 Å². The molecule has 1 aromatic heterocycles. The number of ether oxygens (including phenoxy) is 2. The number of rotatable bonds is 5. The van der Waals surface area contributed by atoms with Gasteiger partial charge < -0.3 is 9.47 Å². The van der Waals surface area contributed by atoms with E-state index in [0.29, 0.717) is 17.0 Å². The van der Waals surface area contributed by atoms with Crippen LogP contribution in [0.1, 0.15) is 51.9 Å². The Labute approximate surface area is 173 Å². The molecule has 0 radical (unpaired) electrons. The van der Waals surface area contributed by atoms with Crippen LogP contribution in [0.4, 0.5) is 4.39 Å². The van der Waals surface area contributed by atoms with Crippen LogP contribution < -0.4 is 9.47 Å². The maximum atomic E-state index is 13.3. The molecule has 2 aromatic carbocycles. The number of hydrogen-bond acceptors (Lipinski definition) is 5. The highest BCUT2D eigenvalue weighted by molar-refractivity contribution is 5.95. The second kappa shape index (κ2) is 8.10. The number of ketones is 1. The van der Waals surface area contributed by atoms with Gasteiger partial charge >= 0.3 is 5.97 Å². The Morgan fingerprint density at radius 3 is 2.47 bits per heavy atom. The molecule has 4 rings (SSSR count). The number of hydrogen-bond donors (Lipinski definition) is 0. The lowest BCUT2D eigenvalue weighted by molar-refractivity contribution is 0.0721. The van der Waals surface area contributed by atoms with Gasteiger partial charge in [0.15, 0.2) is 23.0 Å². The molecule has 30 heavy (non-hydrogen) atoms. The first-order valence-electron chi connectivity index (χ1n) is 9.76. The smallest absolute Gasteiger partial charge is 0.364 e. The summed E-state index contributed by atoms with van der Waals surface area (Å²) in [6.07, 6.45) is 3.46. The first-order valence-corrected chi connectivity index (χ1v) is 9.76. The second-order valence-electron chi connectivity index (χ2n) is 7.18. The van der Waals surface area contributed by atoms with Crippen LogP contribution in [0, 0.1) is 5.82 Å². The third-order valence-corrected chi connectivity index (χ3v) is 5.22. The Kier molecular flexibility index (Phi) is 5.35. The van der Waals surface area contributed by atoms with Gasteiger partial charge in [0.1, 0.15) is 5.82 Å². The van der Waals surface area contributed by atoms with Gasteiger partial charge in [-0.2, -0.15) is 5.10 Å². The molecular formula is C23H21FN2O4. The van der Waals surface area contributed by atoms with Gasteiger partial charge in [0, 0.05) is 16.8 Å². The summed E-state index contributed by atoms with van der Waals surface area (Å²) >= 11 is 0. The molecule has 154 valence electrons. The summed E-state index contributed by atoms with van der Waals surface area (Å²) in [6.45, 7) is 1.45. The lowest BCUT2D eigenvalue weighted by atomic mass is 9.95. The Morgan fingerprint density at radius 2 is 1.77 bits per heavy atom. The van der Waals surface area contributed by atoms with Crippen molar-refractivity contribution in [1.29, 1.82) is 0 Å². The van der Waals surface area contributed by atoms with E-state index in [1.54, 1.807) is 22.9 Å². The molecule has 1 aliphatic rings. The number of carbonyl (C=O) groups is 2. The molecule has 1 aliphatic carbocycles. The predicted octanol–water partition coefficient (Wildman–Crippen LogP) is 4.32. The molecule has 0 amide bonds. The van der Waals surface area contributed by atoms with Gasteiger partial charge in [-0.05, 0) is 75.1 Å². The fraction of sp³-hybridized carbons (Fsp3) is 0.261. The van der Waals surface area contributed by atoms with Crippen LogP contribution in [0.5, 0.6) is 11.5 Å². The highest BCUT2D eigenvalue weighted by atomic mass is 19.1. The van der Waals surface area contributed by atoms with E-state index in [2.05, 4.69) is 5.10 Å². The number of methoxy groups -OCH3 is 1. The number of aromatic nitrogens is 2. The summed E-state index contributed by atoms with van der Waals surface area (Å²) in [5, 5.41) is 4.51. The van der Waals surface area contributed by atoms with E-state index >= 15 is 0 Å². The zero-order chi connectivity index (χ0) is 21.3. The lowest BCUT2D eigenvalue weighted by Gasteiger charge is -2.14. The van der Waals surface area contributed by atoms with Crippen LogP contribution >= 0.6 is 0 Å². The van der Waals surface area contributed by atoms with Crippen molar-refractivity contribution >= 4 is 11.8 Å². The SMILES string of the molecule is COc1cc(C(C)=O)ccc1OC(=O)c1nn(-c2ccc(F)cc2)c2c1CCCC2. The van der Waals surface area contributed by atoms with Crippen LogP contribution in [-0.2, 0) is 12.8 Å². The highest BCUT2D eigenvalue weighted by Gasteiger charge is 2.27. The topological polar surface area (TPSA) is 70.4 Å². The summed E-state index contributed by atoms with van der Waals surface area (Å²) in [5.74, 6) is -0.530. The van der Waals surface area contributed by atoms with E-state index in [9.17, 15) is 14.0 Å². The van der Waals surface area contributed by atoms with Crippen LogP contribution in [0.15, 0.2) is 42.5 Å². The van der Waals surface area contributed by atoms with E-state index in [0.717, 1.165) is 36.9 Å². The second-order valence-corrected chi connectivity index (χ2v) is 7.18. The number of Topliss-reactive ketones (excluding diaryl/α,β-unsaturated/α-hetero) is 1. The molecule has 0 fully saturated rings. The molecule has 7 heteroatoms. The maximum Gasteiger partial charge on any atom is 0.364 e. The normalized spacial score (nSPS) is 12.9. The molecule has 0 bridgehead atoms. The number of carbonyl (C=O) groups excluding carboxylic acids is 2. The monoisotopic (exact) mass is 408 g/mol. The molecular weight excluding hydrogens is 387 g/mol. The highest BCUT2D eigenvalue weighted by Crippen LogP contribution is 2.31. The van der Waals surface area contributed by atoms with Gasteiger partial charge in [0.05, 0.1) is 12.8 Å². The van der Waals surface area contributed by atoms with Crippen molar-refractivity contribution in [2.75, 3.05) is 7.11 Å². The Balaban J connectivity index is 1.70. The molecule has 6 nitrogen and oxygen atoms in total. The first-order chi connectivity index (χ1) is 14.5. The summed E-state index contributed by atoms with van der Waals surface area (Å²) in [4.78, 5) is 24.6. The van der Waals surface area contributed by atoms with Crippen molar-refractivity contribution in [1.82, 2.24) is 9.78 Å². The summed E-state index contributed by atoms with van der Waals surface area (Å²) in [7, 11) is 1.45. The lowest BCUT2D eigenvalue weighted by Crippen LogP contribution is -2.13. The average Bonchev–Trinajstić information content (AvgIpc) is 3.14. The third kappa shape index (κ3) is 3.70. The number of nitrogens with zero attached hydrogens (tertiary/aromatic N) is 2. The van der Waals surface area contributed by atoms with Crippen LogP contribution in [0.2, 0.25) is 0 Å². The maximum absolute atomic E-state index is 13.3. The van der Waals surface area contributed by atoms with Crippen molar-refractivity contribution in [2.24, 2.45) is 0 Å². The molecule has 1 heterocycles. The van der Waals surface area contributed by atoms with Gasteiger partial charge in [-0.1, -0.05) is 0 Å². The minimum absolute atomic E-state index is 0.113. The summed E-state index contributed by atoms with van der Waals surface area (Å²) in [5.41, 5.74) is 3.20. The van der Waals surface area contributed by atoms with Crippen molar-refractivity contribution in [3.05, 3.63) is 70.8 Å². The molecule has 0 saturated carbocycles. The fourth-order valence-electron chi connectivity index (χ4n) is 3.68. The summed E-state index contributed by atoms with van der Waals surface area (Å²) in [6, 6.07) is 10.7. The van der Waals surface area contributed by atoms with Crippen molar-refractivity contribution in [3.63, 3.8) is 0 Å². The van der Waals surface area contributed by atoms with E-state index in [1.165, 1.54) is 38.3 Å². The van der Waals surface area contributed by atoms with Crippen molar-refractivity contribution in [2.45, 2.75) is 32.6 Å². The molecule has 0 atom stereocenters. The van der Waals surface area contributed by atoms with E-state index in [1.807, 2.05) is 0 Å². The third-order valence-electron chi connectivity index (χ3n) is 5.22. The van der Waals surface area contributed by atoms with E-state index in [-0.39, 0.29) is 23.0 Å². The van der Waals surface area contributed by atoms with Crippen LogP contribution in [0.3, 0.4) is 0 Å². The van der Waals surface area contributed by atoms with Crippen LogP contribution in [0.25, 0.3) is 5.69 Å². The molecule has 0 saturated heterocycles. The molecule has 0 unspecified atom stereocenters. The zero-order valence-corrected chi connectivity index (χ0v) is 16.8. The molecule has 0 N–H and O–H groups in total. The van der Waals surface area contributed by atoms with Crippen molar-refractivity contribution < 1.29 is 23.5 Å². The number of fused-ring (bicyclic) bond motifs is 1. The number of benzene rings is 2. The predicted molar refractivity (Wildman–Crippen MR) is 108 cm³/mol. The van der Waals surface area contributed by atoms with Gasteiger partial charge in [-0.3, -0.25) is 4.79 Å². The average molecular weight is 408 g/mol. The molecule has 0 aliphatic heterocycles. The quantitative estimate of drug-likeness (QED) is 0.357. The first kappa shape index (κ1) is 19.8. The Morgan fingerprint density at radius 1 is 1.03 bits per heavy atom. The zero-order valence-electron chi connectivity index (χ0n) is 16.8. The number of halogens is 1. The van der Waals surface area contributed by atoms with Crippen molar-refractivity contribution in [3.8, 4) is 17.2 Å². The number of esters is 1. The standard InChI is InChI=1S/C23H21FN2O4/c1-14(27)15-7-12-20(21(13-15)29-2)30-23(28)22-18-5-3-4-6-19(18)26(25-22)17-10-8-16(24)9-11-17/h7-13H,3-6H2,1-2H3. The van der Waals surface area contributed by atoms with Gasteiger partial charge in [-0.15, -0.1) is 0 Å². The van der Waals surface area contributed by atoms with Gasteiger partial charge in [0.25, 0.3) is 0 Å². The largest absolute Gasteiger partial charge is 0.493 e. The van der Waals surface area contributed by atoms with Gasteiger partial charge in [-0.25, -0.2) is 13.9 Å². The van der Waals surface area contributed by atoms with E-state index < -0.39 is 5.97 Å². The van der Waals surface area contributed by atoms with Gasteiger partial charge in [0.2, 0.25) is 0 Å². The minimum Gasteiger partial charge on any atom is -0.493 e. The fourth-order valence-corrected chi connectivity index (χ4v) is 3.68. The molecule has 3 aromatic rings. The van der Waals surface area contributed by atoms with E-state index in [4.69, 9.17) is 9.47 Å². The molecule has 0 spiro atoms. The Bertz CT molecular complexity index is 1120. The Hall–Kier alpha value is -3.48. The summed E-state index contributed by atoms with van der Waals surface area (Å²) < 4.78 is 25.9. The minimum atomic E-state index is -0.595.